The number of pyridine rings is 1. The van der Waals surface area contributed by atoms with E-state index in [1.165, 1.54) is 6.20 Å². The average molecular weight is 464 g/mol. The van der Waals surface area contributed by atoms with Gasteiger partial charge in [0, 0.05) is 24.7 Å². The van der Waals surface area contributed by atoms with E-state index in [0.29, 0.717) is 24.5 Å². The summed E-state index contributed by atoms with van der Waals surface area (Å²) in [6.45, 7) is 5.32. The Morgan fingerprint density at radius 3 is 2.74 bits per heavy atom. The summed E-state index contributed by atoms with van der Waals surface area (Å²) in [5, 5.41) is 30.8. The maximum absolute atomic E-state index is 12.7. The number of aromatic amines is 1. The van der Waals surface area contributed by atoms with E-state index >= 15 is 0 Å². The lowest BCUT2D eigenvalue weighted by Crippen LogP contribution is -2.48. The minimum Gasteiger partial charge on any atom is -0.350 e. The van der Waals surface area contributed by atoms with E-state index in [0.717, 1.165) is 30.5 Å². The molecule has 4 N–H and O–H groups in total. The topological polar surface area (TPSA) is 174 Å². The molecular formula is C22H25N9O3. The Kier molecular flexibility index (Phi) is 6.27. The molecule has 0 spiro atoms. The van der Waals surface area contributed by atoms with Gasteiger partial charge in [-0.05, 0) is 42.4 Å². The lowest BCUT2D eigenvalue weighted by molar-refractivity contribution is -0.485. The number of carbonyl (C=O) groups is 1. The molecule has 176 valence electrons. The van der Waals surface area contributed by atoms with Crippen molar-refractivity contribution in [2.75, 3.05) is 18.4 Å². The van der Waals surface area contributed by atoms with Crippen molar-refractivity contribution in [2.45, 2.75) is 39.0 Å². The second-order valence-corrected chi connectivity index (χ2v) is 9.09. The van der Waals surface area contributed by atoms with Crippen LogP contribution in [0, 0.1) is 26.9 Å². The third-order valence-electron chi connectivity index (χ3n) is 5.98. The quantitative estimate of drug-likeness (QED) is 0.386. The van der Waals surface area contributed by atoms with Crippen molar-refractivity contribution >= 4 is 23.1 Å². The van der Waals surface area contributed by atoms with Crippen LogP contribution in [0.3, 0.4) is 0 Å². The van der Waals surface area contributed by atoms with Gasteiger partial charge < -0.3 is 20.9 Å². The molecule has 1 saturated heterocycles. The Balaban J connectivity index is 1.61. The fourth-order valence-electron chi connectivity index (χ4n) is 3.95. The van der Waals surface area contributed by atoms with Crippen LogP contribution in [0.1, 0.15) is 66.7 Å². The first-order chi connectivity index (χ1) is 16.2. The molecule has 4 rings (SSSR count). The third kappa shape index (κ3) is 5.20. The first-order valence-electron chi connectivity index (χ1n) is 10.9. The monoisotopic (exact) mass is 463 g/mol. The van der Waals surface area contributed by atoms with Crippen LogP contribution in [0.4, 0.5) is 5.69 Å². The number of nitriles is 1. The molecule has 0 radical (unpaired) electrons. The molecule has 2 aliphatic rings. The van der Waals surface area contributed by atoms with Crippen molar-refractivity contribution in [3.05, 3.63) is 57.4 Å². The van der Waals surface area contributed by atoms with E-state index in [-0.39, 0.29) is 28.8 Å². The summed E-state index contributed by atoms with van der Waals surface area (Å²) in [4.78, 5) is 34.9. The molecular weight excluding hydrogens is 438 g/mol. The molecule has 1 amide bonds. The van der Waals surface area contributed by atoms with Crippen LogP contribution in [0.25, 0.3) is 5.57 Å². The number of aromatic nitrogens is 3. The Morgan fingerprint density at radius 2 is 2.12 bits per heavy atom. The number of anilines is 1. The number of imidazole rings is 1. The van der Waals surface area contributed by atoms with Gasteiger partial charge in [-0.15, -0.1) is 0 Å². The predicted octanol–water partition coefficient (Wildman–Crippen LogP) is 2.35. The average Bonchev–Trinajstić information content (AvgIpc) is 3.29. The normalized spacial score (nSPS) is 19.1. The first kappa shape index (κ1) is 22.9. The lowest BCUT2D eigenvalue weighted by Gasteiger charge is -2.30. The van der Waals surface area contributed by atoms with Crippen LogP contribution >= 0.6 is 0 Å². The van der Waals surface area contributed by atoms with Crippen LogP contribution in [0.5, 0.6) is 0 Å². The van der Waals surface area contributed by atoms with E-state index in [1.54, 1.807) is 0 Å². The summed E-state index contributed by atoms with van der Waals surface area (Å²) in [6.07, 6.45) is 6.20. The van der Waals surface area contributed by atoms with E-state index in [1.807, 2.05) is 18.2 Å². The van der Waals surface area contributed by atoms with Gasteiger partial charge in [-0.3, -0.25) is 9.78 Å². The fourth-order valence-corrected chi connectivity index (χ4v) is 3.95. The number of H-pyrrole nitrogens is 1. The number of hydrogen-bond donors (Lipinski definition) is 4. The van der Waals surface area contributed by atoms with E-state index in [2.05, 4.69) is 50.9 Å². The molecule has 1 aliphatic carbocycles. The highest BCUT2D eigenvalue weighted by Crippen LogP contribution is 2.39. The van der Waals surface area contributed by atoms with Gasteiger partial charge in [-0.1, -0.05) is 19.9 Å². The molecule has 12 nitrogen and oxygen atoms in total. The summed E-state index contributed by atoms with van der Waals surface area (Å²) >= 11 is 0. The van der Waals surface area contributed by atoms with Gasteiger partial charge in [0.25, 0.3) is 11.9 Å². The molecule has 1 fully saturated rings. The molecule has 0 bridgehead atoms. The number of nitrogens with one attached hydrogen (secondary N) is 4. The van der Waals surface area contributed by atoms with Gasteiger partial charge in [-0.25, -0.2) is 15.1 Å². The number of hydrogen-bond acceptors (Lipinski definition) is 6. The van der Waals surface area contributed by atoms with Crippen LogP contribution in [0.2, 0.25) is 0 Å². The number of allylic oxidation sites excluding steroid dienone is 2. The van der Waals surface area contributed by atoms with Gasteiger partial charge in [0.2, 0.25) is 0 Å². The Morgan fingerprint density at radius 1 is 1.35 bits per heavy atom. The maximum Gasteiger partial charge on any atom is 0.291 e. The molecule has 34 heavy (non-hydrogen) atoms. The number of hydrazone groups is 1. The second kappa shape index (κ2) is 9.30. The molecule has 2 aromatic heterocycles. The lowest BCUT2D eigenvalue weighted by atomic mass is 9.77. The van der Waals surface area contributed by atoms with Crippen molar-refractivity contribution in [3.8, 4) is 6.07 Å². The zero-order valence-electron chi connectivity index (χ0n) is 18.9. The van der Waals surface area contributed by atoms with E-state index in [4.69, 9.17) is 10.2 Å². The molecule has 0 aromatic carbocycles. The van der Waals surface area contributed by atoms with Crippen molar-refractivity contribution in [1.82, 2.24) is 25.6 Å². The highest BCUT2D eigenvalue weighted by molar-refractivity contribution is 6.03. The smallest absolute Gasteiger partial charge is 0.291 e. The van der Waals surface area contributed by atoms with Crippen LogP contribution in [0.15, 0.2) is 29.5 Å². The van der Waals surface area contributed by atoms with Crippen LogP contribution in [-0.2, 0) is 0 Å². The van der Waals surface area contributed by atoms with Crippen molar-refractivity contribution in [2.24, 2.45) is 10.5 Å². The minimum atomic E-state index is -0.751. The number of nitro groups is 1. The summed E-state index contributed by atoms with van der Waals surface area (Å²) in [5.41, 5.74) is 3.51. The van der Waals surface area contributed by atoms with Crippen molar-refractivity contribution < 1.29 is 9.83 Å². The molecule has 0 atom stereocenters. The van der Waals surface area contributed by atoms with Gasteiger partial charge >= 0.3 is 0 Å². The van der Waals surface area contributed by atoms with Gasteiger partial charge in [0.15, 0.2) is 10.9 Å². The highest BCUT2D eigenvalue weighted by atomic mass is 16.7. The zero-order chi connectivity index (χ0) is 24.3. The second-order valence-electron chi connectivity index (χ2n) is 9.09. The molecule has 2 aromatic rings. The van der Waals surface area contributed by atoms with E-state index < -0.39 is 10.9 Å². The standard InChI is InChI=1S/C22H25N9O3/c1-22(2)7-5-13(6-8-22)18-17(29-20(32)19-24-12-15(9-23)27-19)4-3-16(28-18)14-10-25-21(26-11-14)30-31(33)34/h3-5,12,14H,6-8,10-11H2,1-2H3,(H,24,27)(H,29,32)(H2,25,26,30). The number of rotatable bonds is 5. The Hall–Kier alpha value is -4.27. The minimum absolute atomic E-state index is 0.0434. The summed E-state index contributed by atoms with van der Waals surface area (Å²) < 4.78 is 0. The fraction of sp³-hybridized carbons (Fsp3) is 0.409. The van der Waals surface area contributed by atoms with Gasteiger partial charge in [-0.2, -0.15) is 5.26 Å². The molecule has 0 unspecified atom stereocenters. The van der Waals surface area contributed by atoms with Crippen LogP contribution < -0.4 is 16.0 Å². The number of guanidine groups is 1. The molecule has 1 aliphatic heterocycles. The summed E-state index contributed by atoms with van der Waals surface area (Å²) in [7, 11) is 0. The Bertz CT molecular complexity index is 1210. The predicted molar refractivity (Wildman–Crippen MR) is 124 cm³/mol. The highest BCUT2D eigenvalue weighted by Gasteiger charge is 2.27. The van der Waals surface area contributed by atoms with E-state index in [9.17, 15) is 14.9 Å². The summed E-state index contributed by atoms with van der Waals surface area (Å²) in [5.74, 6) is -0.338. The first-order valence-corrected chi connectivity index (χ1v) is 10.9. The van der Waals surface area contributed by atoms with Crippen LogP contribution in [-0.4, -0.2) is 44.9 Å². The molecule has 12 heteroatoms. The number of carbonyl (C=O) groups excluding carboxylic acids is 1. The van der Waals surface area contributed by atoms with Crippen molar-refractivity contribution in [1.29, 1.82) is 5.26 Å². The molecule has 0 saturated carbocycles. The van der Waals surface area contributed by atoms with Gasteiger partial charge in [0.1, 0.15) is 16.9 Å². The SMILES string of the molecule is CC1(C)CC=C(c2nc(C3CNC(=N[N+](=O)[O-])NC3)ccc2NC(=O)c2ncc(C#N)[nH]2)CC1. The molecule has 3 heterocycles. The Labute approximate surface area is 195 Å². The zero-order valence-corrected chi connectivity index (χ0v) is 18.9. The van der Waals surface area contributed by atoms with Crippen molar-refractivity contribution in [3.63, 3.8) is 0 Å². The summed E-state index contributed by atoms with van der Waals surface area (Å²) in [6, 6.07) is 5.56. The maximum atomic E-state index is 12.7. The third-order valence-corrected chi connectivity index (χ3v) is 5.98. The number of amides is 1. The largest absolute Gasteiger partial charge is 0.350 e. The van der Waals surface area contributed by atoms with Gasteiger partial charge in [0.05, 0.1) is 17.6 Å². The number of nitrogens with zero attached hydrogens (tertiary/aromatic N) is 5.